The zero-order valence-electron chi connectivity index (χ0n) is 16.2. The summed E-state index contributed by atoms with van der Waals surface area (Å²) in [4.78, 5) is 25.9. The summed E-state index contributed by atoms with van der Waals surface area (Å²) >= 11 is 0. The molecule has 5 heteroatoms. The third-order valence-corrected chi connectivity index (χ3v) is 4.68. The van der Waals surface area contributed by atoms with Crippen LogP contribution in [0.4, 0.5) is 0 Å². The molecule has 0 aliphatic rings. The molecule has 0 saturated heterocycles. The molecule has 146 valence electrons. The lowest BCUT2D eigenvalue weighted by atomic mass is 9.97. The van der Waals surface area contributed by atoms with Gasteiger partial charge in [-0.25, -0.2) is 4.79 Å². The SMILES string of the molecule is CCOc1cc(OCC)c2cc(C(=O)c3cccc4ccccc34)c(=O)oc2c1. The Kier molecular flexibility index (Phi) is 5.04. The number of rotatable bonds is 6. The van der Waals surface area contributed by atoms with Crippen LogP contribution in [0.15, 0.2) is 69.9 Å². The Morgan fingerprint density at radius 2 is 1.62 bits per heavy atom. The number of fused-ring (bicyclic) bond motifs is 2. The highest BCUT2D eigenvalue weighted by molar-refractivity contribution is 6.17. The van der Waals surface area contributed by atoms with Gasteiger partial charge in [0.25, 0.3) is 0 Å². The van der Waals surface area contributed by atoms with E-state index in [-0.39, 0.29) is 11.3 Å². The molecule has 0 aliphatic heterocycles. The van der Waals surface area contributed by atoms with Gasteiger partial charge in [0, 0.05) is 17.7 Å². The van der Waals surface area contributed by atoms with Crippen LogP contribution in [0, 0.1) is 0 Å². The van der Waals surface area contributed by atoms with E-state index in [4.69, 9.17) is 13.9 Å². The molecule has 0 unspecified atom stereocenters. The van der Waals surface area contributed by atoms with Crippen molar-refractivity contribution >= 4 is 27.5 Å². The van der Waals surface area contributed by atoms with Crippen molar-refractivity contribution in [3.8, 4) is 11.5 Å². The normalized spacial score (nSPS) is 11.0. The van der Waals surface area contributed by atoms with E-state index in [1.165, 1.54) is 0 Å². The monoisotopic (exact) mass is 388 g/mol. The Hall–Kier alpha value is -3.60. The lowest BCUT2D eigenvalue weighted by molar-refractivity contribution is 0.103. The number of carbonyl (C=O) groups is 1. The standard InChI is InChI=1S/C24H20O5/c1-3-27-16-12-21(28-4-2)19-14-20(24(26)29-22(19)13-16)23(25)18-11-7-9-15-8-5-6-10-17(15)18/h5-14H,3-4H2,1-2H3. The highest BCUT2D eigenvalue weighted by Crippen LogP contribution is 2.32. The van der Waals surface area contributed by atoms with Gasteiger partial charge in [-0.2, -0.15) is 0 Å². The number of ether oxygens (including phenoxy) is 2. The van der Waals surface area contributed by atoms with Gasteiger partial charge in [0.1, 0.15) is 22.6 Å². The minimum absolute atomic E-state index is 0.0287. The third-order valence-electron chi connectivity index (χ3n) is 4.68. The molecule has 4 aromatic rings. The van der Waals surface area contributed by atoms with Crippen molar-refractivity contribution in [1.29, 1.82) is 0 Å². The molecule has 0 radical (unpaired) electrons. The van der Waals surface area contributed by atoms with Crippen molar-refractivity contribution in [3.63, 3.8) is 0 Å². The first-order valence-electron chi connectivity index (χ1n) is 9.52. The molecular weight excluding hydrogens is 368 g/mol. The van der Waals surface area contributed by atoms with E-state index in [2.05, 4.69) is 0 Å². The average molecular weight is 388 g/mol. The Labute approximate surface area is 167 Å². The lowest BCUT2D eigenvalue weighted by Crippen LogP contribution is -2.15. The summed E-state index contributed by atoms with van der Waals surface area (Å²) in [6.45, 7) is 4.63. The quantitative estimate of drug-likeness (QED) is 0.344. The second-order valence-electron chi connectivity index (χ2n) is 6.50. The fourth-order valence-electron chi connectivity index (χ4n) is 3.41. The fraction of sp³-hybridized carbons (Fsp3) is 0.167. The van der Waals surface area contributed by atoms with E-state index in [1.807, 2.05) is 44.2 Å². The van der Waals surface area contributed by atoms with Gasteiger partial charge < -0.3 is 13.9 Å². The number of hydrogen-bond acceptors (Lipinski definition) is 5. The van der Waals surface area contributed by atoms with Gasteiger partial charge in [0.15, 0.2) is 0 Å². The maximum absolute atomic E-state index is 13.2. The van der Waals surface area contributed by atoms with Crippen molar-refractivity contribution in [2.24, 2.45) is 0 Å². The summed E-state index contributed by atoms with van der Waals surface area (Å²) < 4.78 is 16.7. The molecule has 0 aliphatic carbocycles. The van der Waals surface area contributed by atoms with Crippen molar-refractivity contribution in [1.82, 2.24) is 0 Å². The fourth-order valence-corrected chi connectivity index (χ4v) is 3.41. The molecule has 0 spiro atoms. The summed E-state index contributed by atoms with van der Waals surface area (Å²) in [5.41, 5.74) is 0.0583. The second-order valence-corrected chi connectivity index (χ2v) is 6.50. The smallest absolute Gasteiger partial charge is 0.347 e. The molecule has 3 aromatic carbocycles. The van der Waals surface area contributed by atoms with E-state index < -0.39 is 5.63 Å². The predicted octanol–water partition coefficient (Wildman–Crippen LogP) is 4.97. The minimum atomic E-state index is -0.688. The van der Waals surface area contributed by atoms with Crippen molar-refractivity contribution in [2.75, 3.05) is 13.2 Å². The first-order chi connectivity index (χ1) is 14.1. The summed E-state index contributed by atoms with van der Waals surface area (Å²) in [5.74, 6) is 0.665. The average Bonchev–Trinajstić information content (AvgIpc) is 2.73. The summed E-state index contributed by atoms with van der Waals surface area (Å²) in [6.07, 6.45) is 0. The van der Waals surface area contributed by atoms with Gasteiger partial charge >= 0.3 is 5.63 Å². The van der Waals surface area contributed by atoms with Crippen molar-refractivity contribution in [3.05, 3.63) is 82.2 Å². The molecule has 0 saturated carbocycles. The van der Waals surface area contributed by atoms with Gasteiger partial charge in [0.05, 0.1) is 18.6 Å². The van der Waals surface area contributed by atoms with Crippen molar-refractivity contribution in [2.45, 2.75) is 13.8 Å². The highest BCUT2D eigenvalue weighted by atomic mass is 16.5. The van der Waals surface area contributed by atoms with E-state index in [0.717, 1.165) is 10.8 Å². The van der Waals surface area contributed by atoms with Crippen LogP contribution >= 0.6 is 0 Å². The van der Waals surface area contributed by atoms with Gasteiger partial charge in [-0.1, -0.05) is 42.5 Å². The summed E-state index contributed by atoms with van der Waals surface area (Å²) in [6, 6.07) is 17.9. The van der Waals surface area contributed by atoms with Crippen molar-refractivity contribution < 1.29 is 18.7 Å². The molecule has 0 atom stereocenters. The van der Waals surface area contributed by atoms with E-state index in [9.17, 15) is 9.59 Å². The summed E-state index contributed by atoms with van der Waals surface area (Å²) in [7, 11) is 0. The van der Waals surface area contributed by atoms with E-state index in [0.29, 0.717) is 41.2 Å². The van der Waals surface area contributed by atoms with Crippen LogP contribution in [-0.2, 0) is 0 Å². The zero-order valence-corrected chi connectivity index (χ0v) is 16.2. The molecule has 5 nitrogen and oxygen atoms in total. The number of hydrogen-bond donors (Lipinski definition) is 0. The Balaban J connectivity index is 1.90. The molecule has 0 N–H and O–H groups in total. The van der Waals surface area contributed by atoms with Gasteiger partial charge in [-0.05, 0) is 30.7 Å². The minimum Gasteiger partial charge on any atom is -0.494 e. The van der Waals surface area contributed by atoms with Crippen LogP contribution in [0.25, 0.3) is 21.7 Å². The van der Waals surface area contributed by atoms with Crippen LogP contribution < -0.4 is 15.1 Å². The summed E-state index contributed by atoms with van der Waals surface area (Å²) in [5, 5.41) is 2.27. The van der Waals surface area contributed by atoms with Crippen LogP contribution in [-0.4, -0.2) is 19.0 Å². The maximum Gasteiger partial charge on any atom is 0.347 e. The first-order valence-corrected chi connectivity index (χ1v) is 9.52. The van der Waals surface area contributed by atoms with Gasteiger partial charge in [0.2, 0.25) is 5.78 Å². The first kappa shape index (κ1) is 18.7. The molecule has 4 rings (SSSR count). The van der Waals surface area contributed by atoms with Gasteiger partial charge in [-0.3, -0.25) is 4.79 Å². The molecule has 0 fully saturated rings. The predicted molar refractivity (Wildman–Crippen MR) is 112 cm³/mol. The zero-order chi connectivity index (χ0) is 20.4. The molecule has 0 bridgehead atoms. The van der Waals surface area contributed by atoms with E-state index in [1.54, 1.807) is 30.3 Å². The molecule has 0 amide bonds. The topological polar surface area (TPSA) is 65.7 Å². The van der Waals surface area contributed by atoms with Crippen LogP contribution in [0.5, 0.6) is 11.5 Å². The molecule has 29 heavy (non-hydrogen) atoms. The van der Waals surface area contributed by atoms with E-state index >= 15 is 0 Å². The second kappa shape index (κ2) is 7.80. The van der Waals surface area contributed by atoms with Crippen LogP contribution in [0.1, 0.15) is 29.8 Å². The number of ketones is 1. The Morgan fingerprint density at radius 3 is 2.41 bits per heavy atom. The largest absolute Gasteiger partial charge is 0.494 e. The van der Waals surface area contributed by atoms with Crippen LogP contribution in [0.3, 0.4) is 0 Å². The molecule has 1 aromatic heterocycles. The number of benzene rings is 3. The Morgan fingerprint density at radius 1 is 0.862 bits per heavy atom. The molecular formula is C24H20O5. The van der Waals surface area contributed by atoms with Gasteiger partial charge in [-0.15, -0.1) is 0 Å². The number of carbonyl (C=O) groups excluding carboxylic acids is 1. The van der Waals surface area contributed by atoms with Crippen LogP contribution in [0.2, 0.25) is 0 Å². The Bertz CT molecular complexity index is 1260. The third kappa shape index (κ3) is 3.47. The maximum atomic E-state index is 13.2. The highest BCUT2D eigenvalue weighted by Gasteiger charge is 2.20. The molecule has 1 heterocycles. The lowest BCUT2D eigenvalue weighted by Gasteiger charge is -2.11.